The van der Waals surface area contributed by atoms with Crippen molar-refractivity contribution in [1.82, 2.24) is 0 Å². The summed E-state index contributed by atoms with van der Waals surface area (Å²) in [6.07, 6.45) is 0. The molecule has 0 rings (SSSR count). The molecule has 0 aliphatic heterocycles. The van der Waals surface area contributed by atoms with Gasteiger partial charge in [-0.25, -0.2) is 0 Å². The minimum Gasteiger partial charge on any atom is -0.382 e. The first-order chi connectivity index (χ1) is 5.81. The summed E-state index contributed by atoms with van der Waals surface area (Å²) in [7, 11) is 2.04. The fraction of sp³-hybridized carbons (Fsp3) is 1.00. The fourth-order valence-electron chi connectivity index (χ4n) is 0.428. The molecule has 0 heterocycles. The third-order valence-electron chi connectivity index (χ3n) is 0.968. The van der Waals surface area contributed by atoms with E-state index in [4.69, 9.17) is 30.3 Å². The lowest BCUT2D eigenvalue weighted by Gasteiger charge is -1.93. The Bertz CT molecular complexity index is 110. The maximum atomic E-state index is 5.11. The Balaban J connectivity index is 3.10. The molecule has 0 N–H and O–H groups in total. The van der Waals surface area contributed by atoms with Gasteiger partial charge in [0.25, 0.3) is 0 Å². The molecule has 0 bridgehead atoms. The molecule has 12 heavy (non-hydrogen) atoms. The molecule has 0 radical (unpaired) electrons. The highest BCUT2D eigenvalue weighted by molar-refractivity contribution is 8.00. The van der Waals surface area contributed by atoms with E-state index in [1.54, 1.807) is 14.2 Å². The molecule has 0 aliphatic carbocycles. The first-order valence-electron chi connectivity index (χ1n) is 3.52. The van der Waals surface area contributed by atoms with E-state index in [9.17, 15) is 0 Å². The predicted molar refractivity (Wildman–Crippen MR) is 49.9 cm³/mol. The second-order valence-electron chi connectivity index (χ2n) is 1.88. The first kappa shape index (κ1) is 12.4. The Morgan fingerprint density at radius 3 is 1.67 bits per heavy atom. The van der Waals surface area contributed by atoms with E-state index in [-0.39, 0.29) is 0 Å². The summed E-state index contributed by atoms with van der Waals surface area (Å²) >= 11 is 4.87. The number of methoxy groups -OCH3 is 2. The van der Waals surface area contributed by atoms with Gasteiger partial charge >= 0.3 is 7.15 Å². The van der Waals surface area contributed by atoms with Crippen molar-refractivity contribution in [3.8, 4) is 0 Å². The maximum absolute atomic E-state index is 5.11. The van der Waals surface area contributed by atoms with Crippen LogP contribution in [-0.4, -0.2) is 40.6 Å². The zero-order valence-electron chi connectivity index (χ0n) is 7.32. The third kappa shape index (κ3) is 8.46. The van der Waals surface area contributed by atoms with E-state index in [0.29, 0.717) is 26.4 Å². The Labute approximate surface area is 78.7 Å². The highest BCUT2D eigenvalue weighted by Crippen LogP contribution is 2.22. The van der Waals surface area contributed by atoms with Crippen molar-refractivity contribution in [2.75, 3.05) is 40.6 Å². The summed E-state index contributed by atoms with van der Waals surface area (Å²) in [6, 6.07) is 0. The molecule has 0 aromatic heterocycles. The molecule has 4 nitrogen and oxygen atoms in total. The smallest absolute Gasteiger partial charge is 0.382 e. The van der Waals surface area contributed by atoms with Crippen LogP contribution in [0.15, 0.2) is 0 Å². The minimum atomic E-state index is -1.18. The number of hydrogen-bond acceptors (Lipinski definition) is 5. The molecular weight excluding hydrogens is 199 g/mol. The van der Waals surface area contributed by atoms with Gasteiger partial charge in [-0.1, -0.05) is 0 Å². The topological polar surface area (TPSA) is 36.9 Å². The van der Waals surface area contributed by atoms with Gasteiger partial charge in [-0.05, 0) is 0 Å². The second-order valence-corrected chi connectivity index (χ2v) is 3.73. The normalized spacial score (nSPS) is 10.2. The second kappa shape index (κ2) is 9.45. The standard InChI is InChI=1S/C6H14O4PS/c1-7-3-5-9-11(12)10-6-4-8-2/h3-6H2,1-2H3/q+1. The highest BCUT2D eigenvalue weighted by Gasteiger charge is 2.12. The van der Waals surface area contributed by atoms with E-state index >= 15 is 0 Å². The number of rotatable bonds is 8. The van der Waals surface area contributed by atoms with Gasteiger partial charge in [-0.15, -0.1) is 9.05 Å². The maximum Gasteiger partial charge on any atom is 0.521 e. The summed E-state index contributed by atoms with van der Waals surface area (Å²) < 4.78 is 19.8. The molecule has 0 fully saturated rings. The minimum absolute atomic E-state index is 0.485. The Morgan fingerprint density at radius 2 is 1.33 bits per heavy atom. The largest absolute Gasteiger partial charge is 0.521 e. The molecule has 0 aliphatic rings. The van der Waals surface area contributed by atoms with E-state index in [2.05, 4.69) is 0 Å². The van der Waals surface area contributed by atoms with Gasteiger partial charge in [0.1, 0.15) is 13.2 Å². The average molecular weight is 213 g/mol. The van der Waals surface area contributed by atoms with Crippen LogP contribution >= 0.6 is 7.15 Å². The van der Waals surface area contributed by atoms with Crippen molar-refractivity contribution >= 4 is 19.0 Å². The molecule has 0 spiro atoms. The Morgan fingerprint density at radius 1 is 0.917 bits per heavy atom. The molecule has 0 atom stereocenters. The van der Waals surface area contributed by atoms with Gasteiger partial charge in [0.2, 0.25) is 11.8 Å². The Hall–Kier alpha value is 0.360. The van der Waals surface area contributed by atoms with Gasteiger partial charge in [-0.3, -0.25) is 0 Å². The van der Waals surface area contributed by atoms with Crippen molar-refractivity contribution in [1.29, 1.82) is 0 Å². The van der Waals surface area contributed by atoms with Crippen molar-refractivity contribution < 1.29 is 18.5 Å². The van der Waals surface area contributed by atoms with Gasteiger partial charge in [0.05, 0.1) is 13.2 Å². The molecule has 0 saturated heterocycles. The van der Waals surface area contributed by atoms with Crippen LogP contribution < -0.4 is 0 Å². The molecule has 0 aromatic rings. The molecule has 6 heteroatoms. The van der Waals surface area contributed by atoms with Crippen molar-refractivity contribution in [3.05, 3.63) is 0 Å². The van der Waals surface area contributed by atoms with Crippen LogP contribution in [0.3, 0.4) is 0 Å². The van der Waals surface area contributed by atoms with Gasteiger partial charge in [-0.2, -0.15) is 0 Å². The number of ether oxygens (including phenoxy) is 2. The Kier molecular flexibility index (Phi) is 9.73. The monoisotopic (exact) mass is 213 g/mol. The van der Waals surface area contributed by atoms with E-state index in [0.717, 1.165) is 0 Å². The SMILES string of the molecule is COCCO[P+](=S)OCCOC. The van der Waals surface area contributed by atoms with Crippen LogP contribution in [0.4, 0.5) is 0 Å². The van der Waals surface area contributed by atoms with Crippen LogP contribution in [-0.2, 0) is 30.3 Å². The molecule has 0 aromatic carbocycles. The molecular formula is C6H14O4PS+. The van der Waals surface area contributed by atoms with Crippen LogP contribution in [0.5, 0.6) is 0 Å². The third-order valence-corrected chi connectivity index (χ3v) is 2.39. The van der Waals surface area contributed by atoms with E-state index in [1.807, 2.05) is 0 Å². The molecule has 0 saturated carbocycles. The lowest BCUT2D eigenvalue weighted by atomic mass is 10.8. The van der Waals surface area contributed by atoms with Gasteiger partial charge < -0.3 is 9.47 Å². The van der Waals surface area contributed by atoms with Crippen LogP contribution in [0, 0.1) is 0 Å². The molecule has 72 valence electrons. The number of hydrogen-bond donors (Lipinski definition) is 0. The predicted octanol–water partition coefficient (Wildman–Crippen LogP) is 1.09. The van der Waals surface area contributed by atoms with Crippen LogP contribution in [0.2, 0.25) is 0 Å². The lowest BCUT2D eigenvalue weighted by Crippen LogP contribution is -2.00. The van der Waals surface area contributed by atoms with Crippen LogP contribution in [0.25, 0.3) is 0 Å². The van der Waals surface area contributed by atoms with E-state index in [1.165, 1.54) is 0 Å². The summed E-state index contributed by atoms with van der Waals surface area (Å²) in [5.41, 5.74) is 0. The highest BCUT2D eigenvalue weighted by atomic mass is 32.4. The first-order valence-corrected chi connectivity index (χ1v) is 5.71. The van der Waals surface area contributed by atoms with Gasteiger partial charge in [0, 0.05) is 14.2 Å². The van der Waals surface area contributed by atoms with E-state index < -0.39 is 7.15 Å². The van der Waals surface area contributed by atoms with Crippen molar-refractivity contribution in [2.24, 2.45) is 0 Å². The zero-order valence-corrected chi connectivity index (χ0v) is 9.03. The summed E-state index contributed by atoms with van der Waals surface area (Å²) in [5, 5.41) is 0. The fourth-order valence-corrected chi connectivity index (χ4v) is 1.40. The summed E-state index contributed by atoms with van der Waals surface area (Å²) in [4.78, 5) is 0. The summed E-state index contributed by atoms with van der Waals surface area (Å²) in [6.45, 7) is 2.06. The van der Waals surface area contributed by atoms with Crippen molar-refractivity contribution in [2.45, 2.75) is 0 Å². The van der Waals surface area contributed by atoms with Gasteiger partial charge in [0.15, 0.2) is 0 Å². The van der Waals surface area contributed by atoms with Crippen molar-refractivity contribution in [3.63, 3.8) is 0 Å². The van der Waals surface area contributed by atoms with Crippen LogP contribution in [0.1, 0.15) is 0 Å². The summed E-state index contributed by atoms with van der Waals surface area (Å²) in [5.74, 6) is 0. The zero-order chi connectivity index (χ0) is 9.23. The molecule has 0 amide bonds. The molecule has 0 unspecified atom stereocenters. The quantitative estimate of drug-likeness (QED) is 0.445. The lowest BCUT2D eigenvalue weighted by molar-refractivity contribution is 0.127. The average Bonchev–Trinajstić information content (AvgIpc) is 2.06.